The smallest absolute Gasteiger partial charge is 0.416 e. The third-order valence-corrected chi connectivity index (χ3v) is 3.21. The number of pyridine rings is 1. The van der Waals surface area contributed by atoms with Crippen molar-refractivity contribution in [1.29, 1.82) is 0 Å². The van der Waals surface area contributed by atoms with Crippen molar-refractivity contribution < 1.29 is 17.9 Å². The van der Waals surface area contributed by atoms with Gasteiger partial charge >= 0.3 is 6.18 Å². The van der Waals surface area contributed by atoms with Gasteiger partial charge in [-0.15, -0.1) is 0 Å². The quantitative estimate of drug-likeness (QED) is 0.477. The Morgan fingerprint density at radius 2 is 2.00 bits per heavy atom. The lowest BCUT2D eigenvalue weighted by molar-refractivity contribution is -0.137. The normalized spacial score (nSPS) is 11.9. The Morgan fingerprint density at radius 1 is 1.16 bits per heavy atom. The monoisotopic (exact) mass is 352 g/mol. The van der Waals surface area contributed by atoms with Crippen LogP contribution in [0.1, 0.15) is 11.3 Å². The molecule has 0 amide bonds. The Hall–Kier alpha value is -2.77. The molecule has 0 fully saturated rings. The molecule has 0 aliphatic carbocycles. The molecule has 25 heavy (non-hydrogen) atoms. The molecule has 0 aliphatic rings. The maximum Gasteiger partial charge on any atom is 0.416 e. The Labute approximate surface area is 144 Å². The highest BCUT2D eigenvalue weighted by molar-refractivity contribution is 5.79. The number of aliphatic imine (C=N–C) groups is 1. The average molecular weight is 352 g/mol. The number of nitrogens with one attached hydrogen (secondary N) is 2. The Morgan fingerprint density at radius 3 is 2.68 bits per heavy atom. The Bertz CT molecular complexity index is 690. The van der Waals surface area contributed by atoms with Gasteiger partial charge in [0.1, 0.15) is 12.4 Å². The van der Waals surface area contributed by atoms with E-state index >= 15 is 0 Å². The van der Waals surface area contributed by atoms with Crippen LogP contribution >= 0.6 is 0 Å². The van der Waals surface area contributed by atoms with Crippen molar-refractivity contribution >= 4 is 5.96 Å². The number of aromatic nitrogens is 1. The highest BCUT2D eigenvalue weighted by Gasteiger charge is 2.30. The minimum atomic E-state index is -4.38. The van der Waals surface area contributed by atoms with E-state index in [0.29, 0.717) is 19.0 Å². The fourth-order valence-electron chi connectivity index (χ4n) is 2.00. The van der Waals surface area contributed by atoms with Gasteiger partial charge in [0.05, 0.1) is 24.3 Å². The zero-order valence-electron chi connectivity index (χ0n) is 13.7. The second-order valence-electron chi connectivity index (χ2n) is 5.05. The number of ether oxygens (including phenoxy) is 1. The maximum absolute atomic E-state index is 12.6. The highest BCUT2D eigenvalue weighted by Crippen LogP contribution is 2.31. The molecule has 0 saturated carbocycles. The van der Waals surface area contributed by atoms with Crippen molar-refractivity contribution in [2.45, 2.75) is 12.7 Å². The number of nitrogens with zero attached hydrogens (tertiary/aromatic N) is 2. The molecule has 1 aromatic heterocycles. The summed E-state index contributed by atoms with van der Waals surface area (Å²) in [7, 11) is 1.63. The lowest BCUT2D eigenvalue weighted by atomic mass is 10.2. The summed E-state index contributed by atoms with van der Waals surface area (Å²) in [5.41, 5.74) is 0.136. The van der Waals surface area contributed by atoms with Crippen molar-refractivity contribution in [1.82, 2.24) is 15.6 Å². The zero-order valence-corrected chi connectivity index (χ0v) is 13.7. The number of benzene rings is 1. The van der Waals surface area contributed by atoms with Crippen LogP contribution in [0.3, 0.4) is 0 Å². The molecule has 1 aromatic carbocycles. The van der Waals surface area contributed by atoms with Crippen LogP contribution in [-0.4, -0.2) is 31.1 Å². The van der Waals surface area contributed by atoms with Crippen LogP contribution in [0.25, 0.3) is 0 Å². The summed E-state index contributed by atoms with van der Waals surface area (Å²) < 4.78 is 43.2. The number of hydrogen-bond acceptors (Lipinski definition) is 3. The Balaban J connectivity index is 1.74. The molecule has 1 heterocycles. The van der Waals surface area contributed by atoms with Gasteiger partial charge in [-0.1, -0.05) is 12.1 Å². The van der Waals surface area contributed by atoms with E-state index in [9.17, 15) is 13.2 Å². The first-order chi connectivity index (χ1) is 12.0. The second kappa shape index (κ2) is 8.91. The van der Waals surface area contributed by atoms with Gasteiger partial charge in [0, 0.05) is 13.2 Å². The van der Waals surface area contributed by atoms with Crippen LogP contribution in [0.15, 0.2) is 53.7 Å². The van der Waals surface area contributed by atoms with Crippen molar-refractivity contribution in [3.05, 3.63) is 59.9 Å². The molecule has 0 unspecified atom stereocenters. The Kier molecular flexibility index (Phi) is 6.62. The number of alkyl halides is 3. The van der Waals surface area contributed by atoms with Gasteiger partial charge in [0.2, 0.25) is 0 Å². The topological polar surface area (TPSA) is 58.5 Å². The molecule has 134 valence electrons. The van der Waals surface area contributed by atoms with Crippen molar-refractivity contribution in [2.75, 3.05) is 20.2 Å². The highest BCUT2D eigenvalue weighted by atomic mass is 19.4. The predicted octanol–water partition coefficient (Wildman–Crippen LogP) is 2.84. The molecule has 5 nitrogen and oxygen atoms in total. The van der Waals surface area contributed by atoms with Gasteiger partial charge in [-0.2, -0.15) is 13.2 Å². The SMILES string of the molecule is CN=C(NCCOc1cccc(C(F)(F)F)c1)NCc1ccccn1. The first-order valence-electron chi connectivity index (χ1n) is 7.63. The van der Waals surface area contributed by atoms with E-state index in [0.717, 1.165) is 17.8 Å². The molecule has 2 N–H and O–H groups in total. The summed E-state index contributed by atoms with van der Waals surface area (Å²) in [5.74, 6) is 0.728. The molecule has 0 bridgehead atoms. The van der Waals surface area contributed by atoms with Crippen LogP contribution in [0.2, 0.25) is 0 Å². The van der Waals surface area contributed by atoms with E-state index < -0.39 is 11.7 Å². The largest absolute Gasteiger partial charge is 0.492 e. The average Bonchev–Trinajstić information content (AvgIpc) is 2.61. The van der Waals surface area contributed by atoms with Gasteiger partial charge in [0.15, 0.2) is 5.96 Å². The lowest BCUT2D eigenvalue weighted by Crippen LogP contribution is -2.39. The standard InChI is InChI=1S/C17H19F3N4O/c1-21-16(24-12-14-6-2-3-8-22-14)23-9-10-25-15-7-4-5-13(11-15)17(18,19)20/h2-8,11H,9-10,12H2,1H3,(H2,21,23,24). The molecular formula is C17H19F3N4O. The fourth-order valence-corrected chi connectivity index (χ4v) is 2.00. The maximum atomic E-state index is 12.6. The van der Waals surface area contributed by atoms with Gasteiger partial charge in [-0.3, -0.25) is 9.98 Å². The predicted molar refractivity (Wildman–Crippen MR) is 89.4 cm³/mol. The second-order valence-corrected chi connectivity index (χ2v) is 5.05. The third kappa shape index (κ3) is 6.33. The molecule has 0 aliphatic heterocycles. The van der Waals surface area contributed by atoms with Crippen LogP contribution in [0.5, 0.6) is 5.75 Å². The van der Waals surface area contributed by atoms with Gasteiger partial charge < -0.3 is 15.4 Å². The molecule has 0 radical (unpaired) electrons. The van der Waals surface area contributed by atoms with E-state index in [1.165, 1.54) is 12.1 Å². The number of rotatable bonds is 6. The van der Waals surface area contributed by atoms with Crippen LogP contribution < -0.4 is 15.4 Å². The summed E-state index contributed by atoms with van der Waals surface area (Å²) in [4.78, 5) is 8.24. The zero-order chi connectivity index (χ0) is 18.1. The molecule has 2 rings (SSSR count). The summed E-state index contributed by atoms with van der Waals surface area (Å²) in [6.07, 6.45) is -2.68. The van der Waals surface area contributed by atoms with Crippen LogP contribution in [-0.2, 0) is 12.7 Å². The first kappa shape index (κ1) is 18.6. The molecule has 0 saturated heterocycles. The molecule has 8 heteroatoms. The molecular weight excluding hydrogens is 333 g/mol. The molecule has 2 aromatic rings. The van der Waals surface area contributed by atoms with E-state index in [4.69, 9.17) is 4.74 Å². The van der Waals surface area contributed by atoms with Crippen LogP contribution in [0, 0.1) is 0 Å². The van der Waals surface area contributed by atoms with E-state index in [1.54, 1.807) is 13.2 Å². The summed E-state index contributed by atoms with van der Waals surface area (Å²) in [5, 5.41) is 6.10. The van der Waals surface area contributed by atoms with Crippen LogP contribution in [0.4, 0.5) is 13.2 Å². The van der Waals surface area contributed by atoms with Crippen molar-refractivity contribution in [3.8, 4) is 5.75 Å². The minimum absolute atomic E-state index is 0.174. The van der Waals surface area contributed by atoms with Crippen molar-refractivity contribution in [3.63, 3.8) is 0 Å². The fraction of sp³-hybridized carbons (Fsp3) is 0.294. The summed E-state index contributed by atoms with van der Waals surface area (Å²) >= 11 is 0. The number of guanidine groups is 1. The van der Waals surface area contributed by atoms with Crippen molar-refractivity contribution in [2.24, 2.45) is 4.99 Å². The van der Waals surface area contributed by atoms with Gasteiger partial charge in [-0.25, -0.2) is 0 Å². The van der Waals surface area contributed by atoms with Gasteiger partial charge in [-0.05, 0) is 30.3 Å². The summed E-state index contributed by atoms with van der Waals surface area (Å²) in [6, 6.07) is 10.4. The lowest BCUT2D eigenvalue weighted by Gasteiger charge is -2.13. The van der Waals surface area contributed by atoms with E-state index in [-0.39, 0.29) is 12.4 Å². The number of hydrogen-bond donors (Lipinski definition) is 2. The minimum Gasteiger partial charge on any atom is -0.492 e. The third-order valence-electron chi connectivity index (χ3n) is 3.21. The van der Waals surface area contributed by atoms with E-state index in [2.05, 4.69) is 20.6 Å². The number of halogens is 3. The molecule has 0 spiro atoms. The van der Waals surface area contributed by atoms with Gasteiger partial charge in [0.25, 0.3) is 0 Å². The first-order valence-corrected chi connectivity index (χ1v) is 7.63. The summed E-state index contributed by atoms with van der Waals surface area (Å²) in [6.45, 7) is 1.10. The van der Waals surface area contributed by atoms with E-state index in [1.807, 2.05) is 18.2 Å². The molecule has 0 atom stereocenters.